The van der Waals surface area contributed by atoms with Crippen LogP contribution in [0.25, 0.3) is 0 Å². The molecule has 2 nitrogen and oxygen atoms in total. The molecule has 1 aromatic heterocycles. The van der Waals surface area contributed by atoms with Gasteiger partial charge < -0.3 is 5.32 Å². The second-order valence-electron chi connectivity index (χ2n) is 3.69. The molecule has 17 heavy (non-hydrogen) atoms. The minimum absolute atomic E-state index is 0.221. The van der Waals surface area contributed by atoms with Gasteiger partial charge in [0.2, 0.25) is 0 Å². The van der Waals surface area contributed by atoms with Crippen LogP contribution in [0.3, 0.4) is 0 Å². The van der Waals surface area contributed by atoms with Crippen LogP contribution in [0, 0.1) is 11.3 Å². The fraction of sp³-hybridized carbons (Fsp3) is 0.154. The molecular formula is C13H11BrN2S. The minimum Gasteiger partial charge on any atom is -0.378 e. The lowest BCUT2D eigenvalue weighted by molar-refractivity contribution is 0.903. The van der Waals surface area contributed by atoms with Crippen molar-refractivity contribution >= 4 is 33.0 Å². The Labute approximate surface area is 113 Å². The van der Waals surface area contributed by atoms with Crippen LogP contribution in [0.2, 0.25) is 0 Å². The van der Waals surface area contributed by atoms with E-state index in [2.05, 4.69) is 39.6 Å². The van der Waals surface area contributed by atoms with Crippen molar-refractivity contribution in [2.45, 2.75) is 13.0 Å². The maximum absolute atomic E-state index is 8.84. The molecule has 0 amide bonds. The van der Waals surface area contributed by atoms with Crippen LogP contribution in [0.4, 0.5) is 5.69 Å². The molecule has 4 heteroatoms. The Hall–Kier alpha value is -1.31. The molecular weight excluding hydrogens is 296 g/mol. The molecule has 0 radical (unpaired) electrons. The van der Waals surface area contributed by atoms with Crippen molar-refractivity contribution in [2.24, 2.45) is 0 Å². The van der Waals surface area contributed by atoms with Gasteiger partial charge in [-0.15, -0.1) is 11.3 Å². The largest absolute Gasteiger partial charge is 0.378 e. The van der Waals surface area contributed by atoms with Gasteiger partial charge in [0.15, 0.2) is 0 Å². The van der Waals surface area contributed by atoms with Crippen LogP contribution in [-0.4, -0.2) is 0 Å². The number of hydrogen-bond donors (Lipinski definition) is 1. The summed E-state index contributed by atoms with van der Waals surface area (Å²) in [6, 6.07) is 11.9. The zero-order valence-corrected chi connectivity index (χ0v) is 11.7. The van der Waals surface area contributed by atoms with E-state index in [0.717, 1.165) is 10.2 Å². The number of anilines is 1. The van der Waals surface area contributed by atoms with Crippen molar-refractivity contribution in [3.8, 4) is 6.07 Å². The van der Waals surface area contributed by atoms with Crippen molar-refractivity contribution in [3.05, 3.63) is 50.6 Å². The highest BCUT2D eigenvalue weighted by Crippen LogP contribution is 2.31. The van der Waals surface area contributed by atoms with Crippen LogP contribution < -0.4 is 5.32 Å². The molecule has 86 valence electrons. The predicted octanol–water partition coefficient (Wildman–Crippen LogP) is 4.56. The molecule has 1 unspecified atom stereocenters. The van der Waals surface area contributed by atoms with Gasteiger partial charge in [0.1, 0.15) is 0 Å². The van der Waals surface area contributed by atoms with E-state index in [1.165, 1.54) is 4.88 Å². The highest BCUT2D eigenvalue weighted by atomic mass is 79.9. The lowest BCUT2D eigenvalue weighted by Gasteiger charge is -2.14. The molecule has 2 aromatic rings. The Morgan fingerprint density at radius 2 is 2.24 bits per heavy atom. The third-order valence-electron chi connectivity index (χ3n) is 2.41. The summed E-state index contributed by atoms with van der Waals surface area (Å²) in [4.78, 5) is 1.26. The number of nitriles is 1. The van der Waals surface area contributed by atoms with E-state index in [1.807, 2.05) is 24.3 Å². The average Bonchev–Trinajstić information content (AvgIpc) is 2.76. The Morgan fingerprint density at radius 1 is 1.41 bits per heavy atom. The van der Waals surface area contributed by atoms with Gasteiger partial charge in [0.25, 0.3) is 0 Å². The summed E-state index contributed by atoms with van der Waals surface area (Å²) < 4.78 is 1.12. The second kappa shape index (κ2) is 5.35. The molecule has 1 aromatic carbocycles. The first-order valence-electron chi connectivity index (χ1n) is 5.20. The summed E-state index contributed by atoms with van der Waals surface area (Å²) in [5, 5.41) is 14.3. The molecule has 0 fully saturated rings. The molecule has 0 bridgehead atoms. The summed E-state index contributed by atoms with van der Waals surface area (Å²) in [6.07, 6.45) is 0. The summed E-state index contributed by atoms with van der Waals surface area (Å²) in [5.41, 5.74) is 1.64. The fourth-order valence-corrected chi connectivity index (χ4v) is 3.33. The van der Waals surface area contributed by atoms with E-state index in [-0.39, 0.29) is 6.04 Å². The monoisotopic (exact) mass is 306 g/mol. The van der Waals surface area contributed by atoms with E-state index >= 15 is 0 Å². The van der Waals surface area contributed by atoms with Crippen molar-refractivity contribution < 1.29 is 0 Å². The number of nitrogens with zero attached hydrogens (tertiary/aromatic N) is 1. The molecule has 0 aliphatic heterocycles. The van der Waals surface area contributed by atoms with E-state index in [0.29, 0.717) is 5.56 Å². The standard InChI is InChI=1S/C13H11BrN2S/c1-9(13-12(14)5-6-17-13)16-11-4-2-3-10(7-11)8-15/h2-7,9,16H,1H3. The number of halogens is 1. The molecule has 1 N–H and O–H groups in total. The number of hydrogen-bond acceptors (Lipinski definition) is 3. The van der Waals surface area contributed by atoms with Crippen molar-refractivity contribution in [2.75, 3.05) is 5.32 Å². The zero-order chi connectivity index (χ0) is 12.3. The Morgan fingerprint density at radius 3 is 2.88 bits per heavy atom. The summed E-state index contributed by atoms with van der Waals surface area (Å²) in [7, 11) is 0. The topological polar surface area (TPSA) is 35.8 Å². The molecule has 0 spiro atoms. The van der Waals surface area contributed by atoms with E-state index < -0.39 is 0 Å². The summed E-state index contributed by atoms with van der Waals surface area (Å²) in [6.45, 7) is 2.11. The Bertz CT molecular complexity index is 557. The van der Waals surface area contributed by atoms with Gasteiger partial charge >= 0.3 is 0 Å². The minimum atomic E-state index is 0.221. The van der Waals surface area contributed by atoms with E-state index in [4.69, 9.17) is 5.26 Å². The number of benzene rings is 1. The lowest BCUT2D eigenvalue weighted by atomic mass is 10.2. The van der Waals surface area contributed by atoms with Crippen LogP contribution in [0.5, 0.6) is 0 Å². The summed E-state index contributed by atoms with van der Waals surface area (Å²) in [5.74, 6) is 0. The number of rotatable bonds is 3. The fourth-order valence-electron chi connectivity index (χ4n) is 1.61. The summed E-state index contributed by atoms with van der Waals surface area (Å²) >= 11 is 5.24. The van der Waals surface area contributed by atoms with Gasteiger partial charge in [-0.25, -0.2) is 0 Å². The molecule has 0 aliphatic rings. The first-order chi connectivity index (χ1) is 8.20. The molecule has 1 atom stereocenters. The molecule has 2 rings (SSSR count). The van der Waals surface area contributed by atoms with Gasteiger partial charge in [-0.2, -0.15) is 5.26 Å². The van der Waals surface area contributed by atoms with Gasteiger partial charge in [-0.05, 0) is 52.5 Å². The van der Waals surface area contributed by atoms with Crippen LogP contribution >= 0.6 is 27.3 Å². The van der Waals surface area contributed by atoms with Crippen LogP contribution in [-0.2, 0) is 0 Å². The Balaban J connectivity index is 2.16. The van der Waals surface area contributed by atoms with E-state index in [1.54, 1.807) is 17.4 Å². The van der Waals surface area contributed by atoms with Gasteiger partial charge in [-0.1, -0.05) is 6.07 Å². The SMILES string of the molecule is CC(Nc1cccc(C#N)c1)c1sccc1Br. The molecule has 0 aliphatic carbocycles. The smallest absolute Gasteiger partial charge is 0.0992 e. The second-order valence-corrected chi connectivity index (χ2v) is 5.49. The van der Waals surface area contributed by atoms with Crippen molar-refractivity contribution in [3.63, 3.8) is 0 Å². The Kier molecular flexibility index (Phi) is 3.82. The molecule has 1 heterocycles. The van der Waals surface area contributed by atoms with Crippen LogP contribution in [0.1, 0.15) is 23.4 Å². The van der Waals surface area contributed by atoms with E-state index in [9.17, 15) is 0 Å². The third-order valence-corrected chi connectivity index (χ3v) is 4.47. The maximum Gasteiger partial charge on any atom is 0.0992 e. The highest BCUT2D eigenvalue weighted by molar-refractivity contribution is 9.10. The van der Waals surface area contributed by atoms with Gasteiger partial charge in [0.05, 0.1) is 17.7 Å². The van der Waals surface area contributed by atoms with Crippen LogP contribution in [0.15, 0.2) is 40.2 Å². The molecule has 0 saturated carbocycles. The van der Waals surface area contributed by atoms with Gasteiger partial charge in [0, 0.05) is 15.0 Å². The molecule has 0 saturated heterocycles. The number of nitrogens with one attached hydrogen (secondary N) is 1. The van der Waals surface area contributed by atoms with Gasteiger partial charge in [-0.3, -0.25) is 0 Å². The zero-order valence-electron chi connectivity index (χ0n) is 9.27. The van der Waals surface area contributed by atoms with Crippen molar-refractivity contribution in [1.29, 1.82) is 5.26 Å². The first-order valence-corrected chi connectivity index (χ1v) is 6.87. The average molecular weight is 307 g/mol. The highest BCUT2D eigenvalue weighted by Gasteiger charge is 2.10. The quantitative estimate of drug-likeness (QED) is 0.902. The van der Waals surface area contributed by atoms with Crippen molar-refractivity contribution in [1.82, 2.24) is 0 Å². The third kappa shape index (κ3) is 2.87. The predicted molar refractivity (Wildman–Crippen MR) is 75.2 cm³/mol. The first kappa shape index (κ1) is 12.2. The maximum atomic E-state index is 8.84. The normalized spacial score (nSPS) is 11.8. The number of thiophene rings is 1. The lowest BCUT2D eigenvalue weighted by Crippen LogP contribution is -2.05.